The van der Waals surface area contributed by atoms with Crippen molar-refractivity contribution in [2.24, 2.45) is 5.41 Å². The molecule has 1 amide bonds. The van der Waals surface area contributed by atoms with Crippen LogP contribution in [-0.4, -0.2) is 43.1 Å². The van der Waals surface area contributed by atoms with Crippen LogP contribution in [-0.2, 0) is 9.53 Å². The summed E-state index contributed by atoms with van der Waals surface area (Å²) in [5, 5.41) is 8.96. The Labute approximate surface area is 203 Å². The van der Waals surface area contributed by atoms with Gasteiger partial charge in [-0.2, -0.15) is 5.26 Å². The molecular formula is C28H25FN2O4. The number of benzene rings is 3. The largest absolute Gasteiger partial charge is 0.492 e. The van der Waals surface area contributed by atoms with Gasteiger partial charge >= 0.3 is 5.97 Å². The van der Waals surface area contributed by atoms with Crippen molar-refractivity contribution in [1.29, 1.82) is 5.26 Å². The minimum Gasteiger partial charge on any atom is -0.492 e. The second kappa shape index (κ2) is 10.4. The fourth-order valence-corrected chi connectivity index (χ4v) is 4.15. The molecule has 0 saturated carbocycles. The Bertz CT molecular complexity index is 1230. The van der Waals surface area contributed by atoms with Gasteiger partial charge in [0.25, 0.3) is 5.91 Å². The first-order chi connectivity index (χ1) is 16.9. The lowest BCUT2D eigenvalue weighted by atomic mass is 9.88. The molecule has 0 aliphatic carbocycles. The van der Waals surface area contributed by atoms with E-state index in [0.29, 0.717) is 29.8 Å². The van der Waals surface area contributed by atoms with Gasteiger partial charge in [0.2, 0.25) is 0 Å². The normalized spacial score (nSPS) is 17.0. The molecular weight excluding hydrogens is 447 g/mol. The molecule has 0 N–H and O–H groups in total. The van der Waals surface area contributed by atoms with Crippen molar-refractivity contribution in [2.75, 3.05) is 26.3 Å². The molecule has 1 atom stereocenters. The maximum Gasteiger partial charge on any atom is 0.317 e. The summed E-state index contributed by atoms with van der Waals surface area (Å²) in [4.78, 5) is 27.4. The van der Waals surface area contributed by atoms with E-state index in [9.17, 15) is 14.0 Å². The third-order valence-electron chi connectivity index (χ3n) is 6.16. The van der Waals surface area contributed by atoms with Gasteiger partial charge in [0.05, 0.1) is 18.2 Å². The zero-order valence-corrected chi connectivity index (χ0v) is 19.4. The van der Waals surface area contributed by atoms with Gasteiger partial charge in [-0.1, -0.05) is 24.3 Å². The van der Waals surface area contributed by atoms with E-state index in [1.54, 1.807) is 24.0 Å². The van der Waals surface area contributed by atoms with Gasteiger partial charge in [-0.25, -0.2) is 4.39 Å². The predicted octanol–water partition coefficient (Wildman–Crippen LogP) is 4.84. The molecule has 35 heavy (non-hydrogen) atoms. The minimum atomic E-state index is -0.989. The average Bonchev–Trinajstić information content (AvgIpc) is 3.34. The molecule has 1 fully saturated rings. The molecule has 1 aliphatic rings. The molecule has 1 unspecified atom stereocenters. The molecule has 0 bridgehead atoms. The lowest BCUT2D eigenvalue weighted by Gasteiger charge is -2.27. The lowest BCUT2D eigenvalue weighted by molar-refractivity contribution is -0.156. The highest BCUT2D eigenvalue weighted by molar-refractivity contribution is 5.95. The first-order valence-corrected chi connectivity index (χ1v) is 11.4. The fraction of sp³-hybridized carbons (Fsp3) is 0.250. The van der Waals surface area contributed by atoms with E-state index in [4.69, 9.17) is 14.7 Å². The van der Waals surface area contributed by atoms with Crippen LogP contribution in [0, 0.1) is 22.6 Å². The third kappa shape index (κ3) is 5.33. The maximum atomic E-state index is 13.2. The summed E-state index contributed by atoms with van der Waals surface area (Å²) in [6.45, 7) is 2.56. The van der Waals surface area contributed by atoms with E-state index in [0.717, 1.165) is 11.1 Å². The highest BCUT2D eigenvalue weighted by Crippen LogP contribution is 2.34. The van der Waals surface area contributed by atoms with Crippen LogP contribution in [0.3, 0.4) is 0 Å². The SMILES string of the molecule is CCOC(=O)C1(COc2ccc(-c3ccc(C#N)cc3)cc2)CCN(C(=O)c2ccc(F)cc2)C1. The van der Waals surface area contributed by atoms with Crippen LogP contribution in [0.15, 0.2) is 72.8 Å². The highest BCUT2D eigenvalue weighted by atomic mass is 19.1. The molecule has 0 aromatic heterocycles. The molecule has 1 saturated heterocycles. The van der Waals surface area contributed by atoms with Crippen LogP contribution in [0.5, 0.6) is 5.75 Å². The number of nitrogens with zero attached hydrogens (tertiary/aromatic N) is 2. The number of esters is 1. The van der Waals surface area contributed by atoms with Crippen molar-refractivity contribution in [3.05, 3.63) is 89.7 Å². The monoisotopic (exact) mass is 472 g/mol. The Morgan fingerprint density at radius 2 is 1.63 bits per heavy atom. The first kappa shape index (κ1) is 24.0. The van der Waals surface area contributed by atoms with Gasteiger partial charge in [0, 0.05) is 18.7 Å². The number of nitriles is 1. The highest BCUT2D eigenvalue weighted by Gasteiger charge is 2.48. The Hall–Kier alpha value is -4.18. The topological polar surface area (TPSA) is 79.6 Å². The summed E-state index contributed by atoms with van der Waals surface area (Å²) in [5.41, 5.74) is 1.92. The van der Waals surface area contributed by atoms with Gasteiger partial charge in [0.15, 0.2) is 0 Å². The third-order valence-corrected chi connectivity index (χ3v) is 6.16. The maximum absolute atomic E-state index is 13.2. The molecule has 178 valence electrons. The summed E-state index contributed by atoms with van der Waals surface area (Å²) < 4.78 is 24.6. The number of carbonyl (C=O) groups is 2. The van der Waals surface area contributed by atoms with Gasteiger partial charge in [-0.3, -0.25) is 9.59 Å². The van der Waals surface area contributed by atoms with Crippen LogP contribution >= 0.6 is 0 Å². The summed E-state index contributed by atoms with van der Waals surface area (Å²) in [7, 11) is 0. The van der Waals surface area contributed by atoms with Crippen molar-refractivity contribution in [3.8, 4) is 22.9 Å². The molecule has 6 nitrogen and oxygen atoms in total. The number of rotatable bonds is 7. The van der Waals surface area contributed by atoms with E-state index in [1.807, 2.05) is 36.4 Å². The quantitative estimate of drug-likeness (QED) is 0.460. The van der Waals surface area contributed by atoms with Gasteiger partial charge in [-0.05, 0) is 73.0 Å². The molecule has 3 aromatic rings. The number of hydrogen-bond donors (Lipinski definition) is 0. The number of likely N-dealkylation sites (tertiary alicyclic amines) is 1. The molecule has 1 aliphatic heterocycles. The van der Waals surface area contributed by atoms with Crippen molar-refractivity contribution in [1.82, 2.24) is 4.90 Å². The average molecular weight is 473 g/mol. The van der Waals surface area contributed by atoms with E-state index in [1.165, 1.54) is 24.3 Å². The second-order valence-electron chi connectivity index (χ2n) is 8.49. The number of amides is 1. The molecule has 1 heterocycles. The van der Waals surface area contributed by atoms with E-state index >= 15 is 0 Å². The fourth-order valence-electron chi connectivity index (χ4n) is 4.15. The standard InChI is InChI=1S/C28H25FN2O4/c1-2-34-27(33)28(15-16-31(18-28)26(32)23-7-11-24(29)12-8-23)19-35-25-13-9-22(10-14-25)21-5-3-20(17-30)4-6-21/h3-14H,2,15-16,18-19H2,1H3. The molecule has 4 rings (SSSR count). The zero-order valence-electron chi connectivity index (χ0n) is 19.4. The first-order valence-electron chi connectivity index (χ1n) is 11.4. The molecule has 7 heteroatoms. The van der Waals surface area contributed by atoms with Crippen molar-refractivity contribution < 1.29 is 23.5 Å². The van der Waals surface area contributed by atoms with Crippen LogP contribution in [0.4, 0.5) is 4.39 Å². The van der Waals surface area contributed by atoms with E-state index in [2.05, 4.69) is 6.07 Å². The van der Waals surface area contributed by atoms with Crippen LogP contribution < -0.4 is 4.74 Å². The van der Waals surface area contributed by atoms with Crippen LogP contribution in [0.25, 0.3) is 11.1 Å². The van der Waals surface area contributed by atoms with Crippen molar-refractivity contribution >= 4 is 11.9 Å². The Morgan fingerprint density at radius 3 is 2.23 bits per heavy atom. The van der Waals surface area contributed by atoms with Crippen molar-refractivity contribution in [3.63, 3.8) is 0 Å². The summed E-state index contributed by atoms with van der Waals surface area (Å²) in [5.74, 6) is -0.483. The Kier molecular flexibility index (Phi) is 7.11. The minimum absolute atomic E-state index is 0.0647. The smallest absolute Gasteiger partial charge is 0.317 e. The Balaban J connectivity index is 1.46. The van der Waals surface area contributed by atoms with Gasteiger partial charge < -0.3 is 14.4 Å². The molecule has 0 radical (unpaired) electrons. The van der Waals surface area contributed by atoms with Crippen molar-refractivity contribution in [2.45, 2.75) is 13.3 Å². The number of hydrogen-bond acceptors (Lipinski definition) is 5. The number of carbonyl (C=O) groups excluding carboxylic acids is 2. The lowest BCUT2D eigenvalue weighted by Crippen LogP contribution is -2.42. The molecule has 0 spiro atoms. The van der Waals surface area contributed by atoms with Crippen LogP contribution in [0.2, 0.25) is 0 Å². The zero-order chi connectivity index (χ0) is 24.8. The summed E-state index contributed by atoms with van der Waals surface area (Å²) in [6, 6.07) is 22.2. The summed E-state index contributed by atoms with van der Waals surface area (Å²) >= 11 is 0. The van der Waals surface area contributed by atoms with E-state index < -0.39 is 17.2 Å². The summed E-state index contributed by atoms with van der Waals surface area (Å²) in [6.07, 6.45) is 0.405. The Morgan fingerprint density at radius 1 is 1.00 bits per heavy atom. The number of halogens is 1. The van der Waals surface area contributed by atoms with Gasteiger partial charge in [-0.15, -0.1) is 0 Å². The second-order valence-corrected chi connectivity index (χ2v) is 8.49. The van der Waals surface area contributed by atoms with Gasteiger partial charge in [0.1, 0.15) is 23.6 Å². The number of ether oxygens (including phenoxy) is 2. The van der Waals surface area contributed by atoms with E-state index in [-0.39, 0.29) is 25.7 Å². The molecule has 3 aromatic carbocycles. The van der Waals surface area contributed by atoms with Crippen LogP contribution in [0.1, 0.15) is 29.3 Å². The predicted molar refractivity (Wildman–Crippen MR) is 128 cm³/mol.